The SMILES string of the molecule is C/C(=N/NC(=O)CSc1cccc2cccnc12)c1ccc(C)s1. The van der Waals surface area contributed by atoms with Gasteiger partial charge in [0.1, 0.15) is 0 Å². The van der Waals surface area contributed by atoms with E-state index in [0.29, 0.717) is 5.75 Å². The predicted octanol–water partition coefficient (Wildman–Crippen LogP) is 4.24. The Bertz CT molecular complexity index is 897. The third-order valence-electron chi connectivity index (χ3n) is 3.40. The van der Waals surface area contributed by atoms with Gasteiger partial charge in [-0.1, -0.05) is 18.2 Å². The number of rotatable bonds is 5. The maximum absolute atomic E-state index is 12.0. The standard InChI is InChI=1S/C18H17N3OS2/c1-12-8-9-15(24-12)13(2)20-21-17(22)11-23-16-7-3-5-14-6-4-10-19-18(14)16/h3-10H,11H2,1-2H3,(H,21,22)/b20-13-. The van der Waals surface area contributed by atoms with Crippen LogP contribution in [0.25, 0.3) is 10.9 Å². The lowest BCUT2D eigenvalue weighted by Gasteiger charge is -2.05. The summed E-state index contributed by atoms with van der Waals surface area (Å²) in [6.07, 6.45) is 1.77. The summed E-state index contributed by atoms with van der Waals surface area (Å²) in [4.78, 5) is 19.7. The van der Waals surface area contributed by atoms with Crippen LogP contribution >= 0.6 is 23.1 Å². The molecule has 0 spiro atoms. The third kappa shape index (κ3) is 4.01. The zero-order valence-corrected chi connectivity index (χ0v) is 15.1. The first-order valence-corrected chi connectivity index (χ1v) is 9.30. The van der Waals surface area contributed by atoms with E-state index in [0.717, 1.165) is 26.4 Å². The van der Waals surface area contributed by atoms with Crippen LogP contribution in [0, 0.1) is 6.92 Å². The zero-order chi connectivity index (χ0) is 16.9. The number of nitrogens with one attached hydrogen (secondary N) is 1. The maximum Gasteiger partial charge on any atom is 0.250 e. The van der Waals surface area contributed by atoms with Crippen LogP contribution < -0.4 is 5.43 Å². The normalized spacial score (nSPS) is 11.7. The Kier molecular flexibility index (Phi) is 5.27. The van der Waals surface area contributed by atoms with Crippen molar-refractivity contribution in [3.63, 3.8) is 0 Å². The van der Waals surface area contributed by atoms with Gasteiger partial charge in [0, 0.05) is 21.4 Å². The number of hydrogen-bond donors (Lipinski definition) is 1. The Morgan fingerprint density at radius 3 is 2.88 bits per heavy atom. The van der Waals surface area contributed by atoms with Gasteiger partial charge in [-0.05, 0) is 38.1 Å². The van der Waals surface area contributed by atoms with Crippen LogP contribution in [0.1, 0.15) is 16.7 Å². The largest absolute Gasteiger partial charge is 0.272 e. The summed E-state index contributed by atoms with van der Waals surface area (Å²) in [6.45, 7) is 3.95. The van der Waals surface area contributed by atoms with E-state index in [1.54, 1.807) is 17.5 Å². The average molecular weight is 355 g/mol. The van der Waals surface area contributed by atoms with Crippen molar-refractivity contribution in [3.8, 4) is 0 Å². The Balaban J connectivity index is 1.61. The summed E-state index contributed by atoms with van der Waals surface area (Å²) in [5.41, 5.74) is 4.36. The Labute approximate surface area is 149 Å². The minimum atomic E-state index is -0.124. The molecule has 2 aromatic heterocycles. The topological polar surface area (TPSA) is 54.4 Å². The highest BCUT2D eigenvalue weighted by Crippen LogP contribution is 2.25. The van der Waals surface area contributed by atoms with Crippen molar-refractivity contribution in [2.24, 2.45) is 5.10 Å². The van der Waals surface area contributed by atoms with Crippen molar-refractivity contribution < 1.29 is 4.79 Å². The number of pyridine rings is 1. The summed E-state index contributed by atoms with van der Waals surface area (Å²) in [6, 6.07) is 14.0. The van der Waals surface area contributed by atoms with E-state index in [9.17, 15) is 4.79 Å². The minimum Gasteiger partial charge on any atom is -0.272 e. The number of carbonyl (C=O) groups excluding carboxylic acids is 1. The quantitative estimate of drug-likeness (QED) is 0.423. The third-order valence-corrected chi connectivity index (χ3v) is 5.56. The number of hydrogen-bond acceptors (Lipinski definition) is 5. The first kappa shape index (κ1) is 16.7. The summed E-state index contributed by atoms with van der Waals surface area (Å²) in [5, 5.41) is 5.25. The molecular weight excluding hydrogens is 338 g/mol. The van der Waals surface area contributed by atoms with E-state index in [1.165, 1.54) is 16.6 Å². The molecule has 0 atom stereocenters. The highest BCUT2D eigenvalue weighted by molar-refractivity contribution is 8.00. The van der Waals surface area contributed by atoms with Crippen LogP contribution in [0.15, 0.2) is 58.7 Å². The van der Waals surface area contributed by atoms with Crippen molar-refractivity contribution in [1.29, 1.82) is 0 Å². The van der Waals surface area contributed by atoms with Gasteiger partial charge in [0.15, 0.2) is 0 Å². The van der Waals surface area contributed by atoms with Crippen molar-refractivity contribution in [3.05, 3.63) is 58.4 Å². The molecule has 2 heterocycles. The molecular formula is C18H17N3OS2. The molecule has 1 N–H and O–H groups in total. The molecule has 0 aliphatic carbocycles. The lowest BCUT2D eigenvalue weighted by atomic mass is 10.2. The van der Waals surface area contributed by atoms with Crippen LogP contribution in [0.3, 0.4) is 0 Å². The number of amides is 1. The lowest BCUT2D eigenvalue weighted by Crippen LogP contribution is -2.21. The van der Waals surface area contributed by atoms with Gasteiger partial charge in [-0.3, -0.25) is 9.78 Å². The molecule has 0 aliphatic rings. The Morgan fingerprint density at radius 1 is 1.25 bits per heavy atom. The number of carbonyl (C=O) groups is 1. The predicted molar refractivity (Wildman–Crippen MR) is 102 cm³/mol. The molecule has 1 aromatic carbocycles. The summed E-state index contributed by atoms with van der Waals surface area (Å²) < 4.78 is 0. The minimum absolute atomic E-state index is 0.124. The molecule has 0 saturated carbocycles. The second-order valence-electron chi connectivity index (χ2n) is 5.26. The van der Waals surface area contributed by atoms with Crippen molar-refractivity contribution >= 4 is 45.6 Å². The zero-order valence-electron chi connectivity index (χ0n) is 13.4. The number of benzene rings is 1. The van der Waals surface area contributed by atoms with Crippen molar-refractivity contribution in [2.75, 3.05) is 5.75 Å². The molecule has 0 bridgehead atoms. The highest BCUT2D eigenvalue weighted by Gasteiger charge is 2.07. The number of fused-ring (bicyclic) bond motifs is 1. The fraction of sp³-hybridized carbons (Fsp3) is 0.167. The van der Waals surface area contributed by atoms with Gasteiger partial charge in [0.25, 0.3) is 0 Å². The number of aryl methyl sites for hydroxylation is 1. The fourth-order valence-electron chi connectivity index (χ4n) is 2.20. The molecule has 0 saturated heterocycles. The Morgan fingerprint density at radius 2 is 2.08 bits per heavy atom. The number of thioether (sulfide) groups is 1. The molecule has 122 valence electrons. The van der Waals surface area contributed by atoms with Crippen LogP contribution in [0.5, 0.6) is 0 Å². The van der Waals surface area contributed by atoms with Crippen molar-refractivity contribution in [1.82, 2.24) is 10.4 Å². The first-order valence-electron chi connectivity index (χ1n) is 7.50. The van der Waals surface area contributed by atoms with E-state index in [4.69, 9.17) is 0 Å². The van der Waals surface area contributed by atoms with E-state index in [-0.39, 0.29) is 5.91 Å². The van der Waals surface area contributed by atoms with Gasteiger partial charge < -0.3 is 0 Å². The summed E-state index contributed by atoms with van der Waals surface area (Å²) in [5.74, 6) is 0.177. The van der Waals surface area contributed by atoms with Crippen molar-refractivity contribution in [2.45, 2.75) is 18.7 Å². The number of hydrazone groups is 1. The Hall–Kier alpha value is -2.18. The van der Waals surface area contributed by atoms with E-state index in [1.807, 2.05) is 49.4 Å². The number of aromatic nitrogens is 1. The van der Waals surface area contributed by atoms with E-state index in [2.05, 4.69) is 22.4 Å². The van der Waals surface area contributed by atoms with Gasteiger partial charge >= 0.3 is 0 Å². The number of para-hydroxylation sites is 1. The number of thiophene rings is 1. The number of nitrogens with zero attached hydrogens (tertiary/aromatic N) is 2. The highest BCUT2D eigenvalue weighted by atomic mass is 32.2. The smallest absolute Gasteiger partial charge is 0.250 e. The molecule has 4 nitrogen and oxygen atoms in total. The summed E-state index contributed by atoms with van der Waals surface area (Å²) in [7, 11) is 0. The van der Waals surface area contributed by atoms with Crippen LogP contribution in [0.4, 0.5) is 0 Å². The molecule has 0 radical (unpaired) electrons. The van der Waals surface area contributed by atoms with Crippen LogP contribution in [-0.2, 0) is 4.79 Å². The van der Waals surface area contributed by atoms with E-state index >= 15 is 0 Å². The summed E-state index contributed by atoms with van der Waals surface area (Å²) >= 11 is 3.13. The monoisotopic (exact) mass is 355 g/mol. The molecule has 0 fully saturated rings. The molecule has 3 aromatic rings. The van der Waals surface area contributed by atoms with Gasteiger partial charge in [-0.25, -0.2) is 5.43 Å². The van der Waals surface area contributed by atoms with Gasteiger partial charge in [0.2, 0.25) is 5.91 Å². The second kappa shape index (κ2) is 7.59. The van der Waals surface area contributed by atoms with Crippen LogP contribution in [0.2, 0.25) is 0 Å². The molecule has 3 rings (SSSR count). The fourth-order valence-corrected chi connectivity index (χ4v) is 3.84. The molecule has 6 heteroatoms. The molecule has 1 amide bonds. The van der Waals surface area contributed by atoms with Crippen LogP contribution in [-0.4, -0.2) is 22.4 Å². The first-order chi connectivity index (χ1) is 11.6. The van der Waals surface area contributed by atoms with Gasteiger partial charge in [0.05, 0.1) is 21.9 Å². The molecule has 24 heavy (non-hydrogen) atoms. The lowest BCUT2D eigenvalue weighted by molar-refractivity contribution is -0.118. The maximum atomic E-state index is 12.0. The molecule has 0 unspecified atom stereocenters. The van der Waals surface area contributed by atoms with E-state index < -0.39 is 0 Å². The van der Waals surface area contributed by atoms with Gasteiger partial charge in [-0.2, -0.15) is 5.10 Å². The average Bonchev–Trinajstić information content (AvgIpc) is 3.04. The van der Waals surface area contributed by atoms with Gasteiger partial charge in [-0.15, -0.1) is 23.1 Å². The second-order valence-corrected chi connectivity index (χ2v) is 7.57. The molecule has 0 aliphatic heterocycles.